The second-order valence-corrected chi connectivity index (χ2v) is 2.05. The van der Waals surface area contributed by atoms with Crippen molar-refractivity contribution < 1.29 is 0 Å². The first-order chi connectivity index (χ1) is 4.36. The Bertz CT molecular complexity index is 160. The smallest absolute Gasteiger partial charge is 0.0949 e. The van der Waals surface area contributed by atoms with E-state index in [1.807, 2.05) is 6.33 Å². The minimum Gasteiger partial charge on any atom is -0.337 e. The Morgan fingerprint density at radius 3 is 2.67 bits per heavy atom. The molecule has 0 bridgehead atoms. The molecule has 0 radical (unpaired) electrons. The Morgan fingerprint density at radius 2 is 2.33 bits per heavy atom. The molecule has 0 saturated carbocycles. The van der Waals surface area contributed by atoms with Gasteiger partial charge in [-0.25, -0.2) is 4.98 Å². The first-order valence-corrected chi connectivity index (χ1v) is 3.37. The van der Waals surface area contributed by atoms with Gasteiger partial charge < -0.3 is 4.57 Å². The average Bonchev–Trinajstić information content (AvgIpc) is 2.34. The van der Waals surface area contributed by atoms with Crippen LogP contribution in [0.3, 0.4) is 0 Å². The maximum absolute atomic E-state index is 4.17. The van der Waals surface area contributed by atoms with Crippen molar-refractivity contribution in [2.45, 2.75) is 26.8 Å². The second kappa shape index (κ2) is 2.67. The van der Waals surface area contributed by atoms with Gasteiger partial charge in [-0.1, -0.05) is 6.92 Å². The normalized spacial score (nSPS) is 10.0. The summed E-state index contributed by atoms with van der Waals surface area (Å²) in [6.07, 6.45) is 4.99. The molecule has 1 heterocycles. The summed E-state index contributed by atoms with van der Waals surface area (Å²) >= 11 is 0. The molecule has 2 nitrogen and oxygen atoms in total. The van der Waals surface area contributed by atoms with Crippen molar-refractivity contribution in [3.63, 3.8) is 0 Å². The average molecular weight is 124 g/mol. The molecule has 0 spiro atoms. The highest BCUT2D eigenvalue weighted by Gasteiger charge is 1.90. The van der Waals surface area contributed by atoms with E-state index in [0.29, 0.717) is 0 Å². The lowest BCUT2D eigenvalue weighted by Gasteiger charge is -1.89. The highest BCUT2D eigenvalue weighted by Crippen LogP contribution is 1.95. The summed E-state index contributed by atoms with van der Waals surface area (Å²) in [5.41, 5.74) is 1.18. The summed E-state index contributed by atoms with van der Waals surface area (Å²) in [7, 11) is 0. The van der Waals surface area contributed by atoms with Crippen LogP contribution in [0, 0.1) is 0 Å². The minimum absolute atomic E-state index is 1.02. The van der Waals surface area contributed by atoms with E-state index in [-0.39, 0.29) is 0 Å². The van der Waals surface area contributed by atoms with E-state index in [9.17, 15) is 0 Å². The van der Waals surface area contributed by atoms with Crippen LogP contribution in [-0.2, 0) is 13.0 Å². The van der Waals surface area contributed by atoms with Crippen LogP contribution in [0.5, 0.6) is 0 Å². The van der Waals surface area contributed by atoms with Crippen molar-refractivity contribution in [2.75, 3.05) is 0 Å². The van der Waals surface area contributed by atoms with Gasteiger partial charge in [0.2, 0.25) is 0 Å². The van der Waals surface area contributed by atoms with Crippen molar-refractivity contribution in [1.82, 2.24) is 9.55 Å². The van der Waals surface area contributed by atoms with Crippen LogP contribution in [0.2, 0.25) is 0 Å². The van der Waals surface area contributed by atoms with Crippen LogP contribution in [0.25, 0.3) is 0 Å². The first-order valence-electron chi connectivity index (χ1n) is 3.37. The molecule has 0 atom stereocenters. The summed E-state index contributed by atoms with van der Waals surface area (Å²) in [5.74, 6) is 0. The van der Waals surface area contributed by atoms with E-state index in [2.05, 4.69) is 29.6 Å². The number of rotatable bonds is 2. The van der Waals surface area contributed by atoms with Gasteiger partial charge in [0.05, 0.1) is 12.0 Å². The highest BCUT2D eigenvalue weighted by molar-refractivity contribution is 4.95. The van der Waals surface area contributed by atoms with Gasteiger partial charge in [-0.05, 0) is 13.3 Å². The molecule has 0 N–H and O–H groups in total. The molecule has 0 saturated heterocycles. The number of hydrogen-bond acceptors (Lipinski definition) is 1. The van der Waals surface area contributed by atoms with Gasteiger partial charge in [0.15, 0.2) is 0 Å². The molecule has 0 aliphatic rings. The lowest BCUT2D eigenvalue weighted by Crippen LogP contribution is -1.86. The highest BCUT2D eigenvalue weighted by atomic mass is 15.0. The molecular weight excluding hydrogens is 112 g/mol. The Balaban J connectivity index is 2.74. The van der Waals surface area contributed by atoms with Crippen LogP contribution in [0.4, 0.5) is 0 Å². The number of hydrogen-bond donors (Lipinski definition) is 0. The fourth-order valence-electron chi connectivity index (χ4n) is 0.762. The van der Waals surface area contributed by atoms with Crippen molar-refractivity contribution >= 4 is 0 Å². The third-order valence-electron chi connectivity index (χ3n) is 1.41. The predicted molar refractivity (Wildman–Crippen MR) is 37.3 cm³/mol. The van der Waals surface area contributed by atoms with E-state index in [1.165, 1.54) is 5.69 Å². The molecule has 1 rings (SSSR count). The Kier molecular flexibility index (Phi) is 1.88. The van der Waals surface area contributed by atoms with E-state index >= 15 is 0 Å². The minimum atomic E-state index is 1.02. The summed E-state index contributed by atoms with van der Waals surface area (Å²) in [4.78, 5) is 4.17. The molecule has 0 aliphatic heterocycles. The van der Waals surface area contributed by atoms with Crippen LogP contribution in [0.1, 0.15) is 19.5 Å². The summed E-state index contributed by atoms with van der Waals surface area (Å²) in [5, 5.41) is 0. The molecule has 0 amide bonds. The fraction of sp³-hybridized carbons (Fsp3) is 0.571. The topological polar surface area (TPSA) is 17.8 Å². The second-order valence-electron chi connectivity index (χ2n) is 2.05. The van der Waals surface area contributed by atoms with Crippen LogP contribution in [-0.4, -0.2) is 9.55 Å². The summed E-state index contributed by atoms with van der Waals surface area (Å²) in [6, 6.07) is 0. The molecule has 1 aromatic rings. The number of imidazole rings is 1. The van der Waals surface area contributed by atoms with Gasteiger partial charge in [0.25, 0.3) is 0 Å². The van der Waals surface area contributed by atoms with Crippen molar-refractivity contribution in [1.29, 1.82) is 0 Å². The maximum Gasteiger partial charge on any atom is 0.0949 e. The number of aryl methyl sites for hydroxylation is 2. The molecule has 9 heavy (non-hydrogen) atoms. The van der Waals surface area contributed by atoms with Gasteiger partial charge in [0, 0.05) is 12.7 Å². The zero-order valence-electron chi connectivity index (χ0n) is 5.96. The zero-order chi connectivity index (χ0) is 6.69. The van der Waals surface area contributed by atoms with Crippen LogP contribution >= 0.6 is 0 Å². The quantitative estimate of drug-likeness (QED) is 0.583. The van der Waals surface area contributed by atoms with E-state index in [0.717, 1.165) is 13.0 Å². The lowest BCUT2D eigenvalue weighted by molar-refractivity contribution is 0.760. The third kappa shape index (κ3) is 1.31. The van der Waals surface area contributed by atoms with E-state index in [4.69, 9.17) is 0 Å². The van der Waals surface area contributed by atoms with Crippen molar-refractivity contribution in [3.05, 3.63) is 18.2 Å². The van der Waals surface area contributed by atoms with Crippen molar-refractivity contribution in [3.8, 4) is 0 Å². The molecule has 0 unspecified atom stereocenters. The van der Waals surface area contributed by atoms with Gasteiger partial charge in [0.1, 0.15) is 0 Å². The van der Waals surface area contributed by atoms with Gasteiger partial charge in [-0.2, -0.15) is 0 Å². The first kappa shape index (κ1) is 6.33. The van der Waals surface area contributed by atoms with Gasteiger partial charge >= 0.3 is 0 Å². The maximum atomic E-state index is 4.17. The summed E-state index contributed by atoms with van der Waals surface area (Å²) < 4.78 is 2.08. The van der Waals surface area contributed by atoms with Crippen molar-refractivity contribution in [2.24, 2.45) is 0 Å². The molecule has 2 heteroatoms. The monoisotopic (exact) mass is 124 g/mol. The van der Waals surface area contributed by atoms with E-state index < -0.39 is 0 Å². The molecule has 0 aromatic carbocycles. The largest absolute Gasteiger partial charge is 0.337 e. The van der Waals surface area contributed by atoms with Gasteiger partial charge in [-0.15, -0.1) is 0 Å². The fourth-order valence-corrected chi connectivity index (χ4v) is 0.762. The van der Waals surface area contributed by atoms with Gasteiger partial charge in [-0.3, -0.25) is 0 Å². The zero-order valence-corrected chi connectivity index (χ0v) is 5.96. The standard InChI is InChI=1S/C7H12N2/c1-3-7-5-9(4-2)6-8-7/h5-6H,3-4H2,1-2H3. The third-order valence-corrected chi connectivity index (χ3v) is 1.41. The molecule has 0 fully saturated rings. The number of aromatic nitrogens is 2. The predicted octanol–water partition coefficient (Wildman–Crippen LogP) is 1.47. The molecule has 0 aliphatic carbocycles. The Labute approximate surface area is 55.5 Å². The molecule has 50 valence electrons. The number of nitrogens with zero attached hydrogens (tertiary/aromatic N) is 2. The summed E-state index contributed by atoms with van der Waals surface area (Å²) in [6.45, 7) is 5.25. The van der Waals surface area contributed by atoms with Crippen LogP contribution in [0.15, 0.2) is 12.5 Å². The Morgan fingerprint density at radius 1 is 1.56 bits per heavy atom. The van der Waals surface area contributed by atoms with Crippen LogP contribution < -0.4 is 0 Å². The van der Waals surface area contributed by atoms with E-state index in [1.54, 1.807) is 0 Å². The SMILES string of the molecule is CCc1cn(CC)cn1. The molecule has 1 aromatic heterocycles. The Hall–Kier alpha value is -0.790. The lowest BCUT2D eigenvalue weighted by atomic mass is 10.4. The molecular formula is C7H12N2.